The van der Waals surface area contributed by atoms with Crippen molar-refractivity contribution in [3.63, 3.8) is 0 Å². The SMILES string of the molecule is CC(=O)OC(C)(C(C)C)C(C)(C)C(C)C. The van der Waals surface area contributed by atoms with E-state index in [1.807, 2.05) is 6.92 Å². The van der Waals surface area contributed by atoms with Crippen molar-refractivity contribution in [3.8, 4) is 0 Å². The number of esters is 1. The zero-order chi connectivity index (χ0) is 12.4. The summed E-state index contributed by atoms with van der Waals surface area (Å²) in [7, 11) is 0. The van der Waals surface area contributed by atoms with E-state index >= 15 is 0 Å². The van der Waals surface area contributed by atoms with E-state index in [1.54, 1.807) is 0 Å². The van der Waals surface area contributed by atoms with Crippen LogP contribution in [-0.4, -0.2) is 11.6 Å². The number of carbonyl (C=O) groups excluding carboxylic acids is 1. The van der Waals surface area contributed by atoms with E-state index in [1.165, 1.54) is 6.92 Å². The minimum absolute atomic E-state index is 0.0349. The largest absolute Gasteiger partial charge is 0.459 e. The molecular weight excluding hydrogens is 188 g/mol. The number of hydrogen-bond donors (Lipinski definition) is 0. The molecule has 15 heavy (non-hydrogen) atoms. The first-order valence-electron chi connectivity index (χ1n) is 5.75. The number of carbonyl (C=O) groups is 1. The Kier molecular flexibility index (Phi) is 4.38. The van der Waals surface area contributed by atoms with Crippen molar-refractivity contribution in [1.82, 2.24) is 0 Å². The van der Waals surface area contributed by atoms with Crippen molar-refractivity contribution in [2.24, 2.45) is 17.3 Å². The van der Waals surface area contributed by atoms with Gasteiger partial charge in [-0.25, -0.2) is 0 Å². The van der Waals surface area contributed by atoms with Crippen LogP contribution in [-0.2, 0) is 9.53 Å². The fraction of sp³-hybridized carbons (Fsp3) is 0.923. The molecule has 2 heteroatoms. The van der Waals surface area contributed by atoms with Crippen molar-refractivity contribution in [3.05, 3.63) is 0 Å². The lowest BCUT2D eigenvalue weighted by Crippen LogP contribution is -2.52. The molecule has 0 saturated carbocycles. The van der Waals surface area contributed by atoms with Gasteiger partial charge in [0.25, 0.3) is 0 Å². The van der Waals surface area contributed by atoms with Gasteiger partial charge in [0.15, 0.2) is 0 Å². The minimum Gasteiger partial charge on any atom is -0.459 e. The third kappa shape index (κ3) is 2.73. The highest BCUT2D eigenvalue weighted by Gasteiger charge is 2.48. The molecule has 0 aromatic heterocycles. The van der Waals surface area contributed by atoms with Crippen LogP contribution in [0.25, 0.3) is 0 Å². The number of ether oxygens (including phenoxy) is 1. The maximum absolute atomic E-state index is 11.2. The van der Waals surface area contributed by atoms with Crippen LogP contribution in [0.5, 0.6) is 0 Å². The topological polar surface area (TPSA) is 26.3 Å². The molecule has 0 aromatic carbocycles. The lowest BCUT2D eigenvalue weighted by Gasteiger charge is -2.48. The summed E-state index contributed by atoms with van der Waals surface area (Å²) in [5, 5.41) is 0. The van der Waals surface area contributed by atoms with Crippen LogP contribution in [0.3, 0.4) is 0 Å². The zero-order valence-electron chi connectivity index (χ0n) is 11.5. The van der Waals surface area contributed by atoms with Gasteiger partial charge in [0.1, 0.15) is 5.60 Å². The Labute approximate surface area is 94.4 Å². The molecule has 0 aliphatic rings. The van der Waals surface area contributed by atoms with E-state index < -0.39 is 5.60 Å². The predicted molar refractivity (Wildman–Crippen MR) is 63.6 cm³/mol. The van der Waals surface area contributed by atoms with Crippen molar-refractivity contribution in [1.29, 1.82) is 0 Å². The Morgan fingerprint density at radius 2 is 1.40 bits per heavy atom. The maximum Gasteiger partial charge on any atom is 0.303 e. The van der Waals surface area contributed by atoms with Gasteiger partial charge in [-0.2, -0.15) is 0 Å². The van der Waals surface area contributed by atoms with Crippen LogP contribution >= 0.6 is 0 Å². The van der Waals surface area contributed by atoms with Gasteiger partial charge < -0.3 is 4.74 Å². The number of hydrogen-bond acceptors (Lipinski definition) is 2. The second kappa shape index (κ2) is 4.54. The lowest BCUT2D eigenvalue weighted by molar-refractivity contribution is -0.183. The van der Waals surface area contributed by atoms with Gasteiger partial charge >= 0.3 is 5.97 Å². The molecule has 0 saturated heterocycles. The van der Waals surface area contributed by atoms with Gasteiger partial charge in [0.2, 0.25) is 0 Å². The molecule has 1 atom stereocenters. The molecule has 0 amide bonds. The summed E-state index contributed by atoms with van der Waals surface area (Å²) >= 11 is 0. The summed E-state index contributed by atoms with van der Waals surface area (Å²) in [5.74, 6) is 0.572. The molecule has 0 aliphatic heterocycles. The van der Waals surface area contributed by atoms with Crippen LogP contribution in [0, 0.1) is 17.3 Å². The third-order valence-corrected chi connectivity index (χ3v) is 4.18. The molecule has 0 heterocycles. The number of rotatable bonds is 4. The summed E-state index contributed by atoms with van der Waals surface area (Å²) < 4.78 is 5.59. The zero-order valence-corrected chi connectivity index (χ0v) is 11.5. The summed E-state index contributed by atoms with van der Waals surface area (Å²) in [6.45, 7) is 16.4. The van der Waals surface area contributed by atoms with Crippen molar-refractivity contribution in [2.45, 2.75) is 61.0 Å². The quantitative estimate of drug-likeness (QED) is 0.668. The molecule has 0 aromatic rings. The van der Waals surface area contributed by atoms with E-state index in [0.717, 1.165) is 0 Å². The van der Waals surface area contributed by atoms with Crippen LogP contribution in [0.2, 0.25) is 0 Å². The van der Waals surface area contributed by atoms with Gasteiger partial charge in [0, 0.05) is 12.3 Å². The Morgan fingerprint density at radius 1 is 1.00 bits per heavy atom. The molecule has 0 N–H and O–H groups in total. The Hall–Kier alpha value is -0.530. The smallest absolute Gasteiger partial charge is 0.303 e. The minimum atomic E-state index is -0.410. The molecule has 0 aliphatic carbocycles. The first kappa shape index (κ1) is 14.5. The maximum atomic E-state index is 11.2. The van der Waals surface area contributed by atoms with Gasteiger partial charge in [-0.15, -0.1) is 0 Å². The van der Waals surface area contributed by atoms with E-state index in [0.29, 0.717) is 11.8 Å². The molecule has 2 nitrogen and oxygen atoms in total. The highest BCUT2D eigenvalue weighted by atomic mass is 16.6. The van der Waals surface area contributed by atoms with Crippen LogP contribution in [0.4, 0.5) is 0 Å². The van der Waals surface area contributed by atoms with Crippen molar-refractivity contribution < 1.29 is 9.53 Å². The first-order valence-corrected chi connectivity index (χ1v) is 5.75. The van der Waals surface area contributed by atoms with Crippen LogP contribution in [0.15, 0.2) is 0 Å². The Morgan fingerprint density at radius 3 is 1.60 bits per heavy atom. The lowest BCUT2D eigenvalue weighted by atomic mass is 9.64. The first-order chi connectivity index (χ1) is 6.55. The van der Waals surface area contributed by atoms with Gasteiger partial charge in [0.05, 0.1) is 0 Å². The monoisotopic (exact) mass is 214 g/mol. The summed E-state index contributed by atoms with van der Waals surface area (Å²) in [6.07, 6.45) is 0. The van der Waals surface area contributed by atoms with Crippen LogP contribution < -0.4 is 0 Å². The molecular formula is C13H26O2. The van der Waals surface area contributed by atoms with E-state index in [-0.39, 0.29) is 11.4 Å². The molecule has 0 bridgehead atoms. The normalized spacial score (nSPS) is 16.7. The standard InChI is InChI=1S/C13H26O2/c1-9(2)12(6,7)13(8,10(3)4)15-11(5)14/h9-10H,1-8H3. The van der Waals surface area contributed by atoms with Crippen molar-refractivity contribution in [2.75, 3.05) is 0 Å². The van der Waals surface area contributed by atoms with E-state index in [9.17, 15) is 4.79 Å². The average Bonchev–Trinajstić information content (AvgIpc) is 2.01. The molecule has 0 radical (unpaired) electrons. The molecule has 1 unspecified atom stereocenters. The third-order valence-electron chi connectivity index (χ3n) is 4.18. The highest BCUT2D eigenvalue weighted by molar-refractivity contribution is 5.66. The van der Waals surface area contributed by atoms with Crippen LogP contribution in [0.1, 0.15) is 55.4 Å². The van der Waals surface area contributed by atoms with Gasteiger partial charge in [-0.05, 0) is 18.8 Å². The second-order valence-electron chi connectivity index (χ2n) is 5.73. The predicted octanol–water partition coefficient (Wildman–Crippen LogP) is 3.65. The van der Waals surface area contributed by atoms with E-state index in [4.69, 9.17) is 4.74 Å². The molecule has 0 spiro atoms. The van der Waals surface area contributed by atoms with Gasteiger partial charge in [-0.3, -0.25) is 4.79 Å². The van der Waals surface area contributed by atoms with Gasteiger partial charge in [-0.1, -0.05) is 41.5 Å². The fourth-order valence-electron chi connectivity index (χ4n) is 1.87. The summed E-state index contributed by atoms with van der Waals surface area (Å²) in [6, 6.07) is 0. The Bertz CT molecular complexity index is 229. The summed E-state index contributed by atoms with van der Waals surface area (Å²) in [4.78, 5) is 11.2. The highest BCUT2D eigenvalue weighted by Crippen LogP contribution is 2.45. The molecule has 90 valence electrons. The Balaban J connectivity index is 5.19. The molecule has 0 fully saturated rings. The fourth-order valence-corrected chi connectivity index (χ4v) is 1.87. The second-order valence-corrected chi connectivity index (χ2v) is 5.73. The average molecular weight is 214 g/mol. The van der Waals surface area contributed by atoms with Crippen molar-refractivity contribution >= 4 is 5.97 Å². The summed E-state index contributed by atoms with van der Waals surface area (Å²) in [5.41, 5.74) is -0.445. The van der Waals surface area contributed by atoms with E-state index in [2.05, 4.69) is 41.5 Å². The molecule has 0 rings (SSSR count).